The van der Waals surface area contributed by atoms with Crippen LogP contribution in [0.4, 0.5) is 0 Å². The molecule has 1 rings (SSSR count). The summed E-state index contributed by atoms with van der Waals surface area (Å²) in [6, 6.07) is 0. The molecule has 0 N–H and O–H groups in total. The van der Waals surface area contributed by atoms with E-state index < -0.39 is 0 Å². The quantitative estimate of drug-likeness (QED) is 0.611. The van der Waals surface area contributed by atoms with E-state index in [0.717, 1.165) is 0 Å². The molecule has 2 atom stereocenters. The number of carbonyl (C=O) groups excluding carboxylic acids is 2. The van der Waals surface area contributed by atoms with Gasteiger partial charge in [0.1, 0.15) is 12.0 Å². The van der Waals surface area contributed by atoms with Gasteiger partial charge in [0.05, 0.1) is 7.11 Å². The zero-order chi connectivity index (χ0) is 9.84. The number of rotatable bonds is 2. The molecular formula is C8H12O4S. The standard InChI is InChI=1S/C8H12O4S/c1-5(9)12-7-4-13-3-6(7)8(10)11-2/h6-7H,3-4H2,1-2H3. The molecular weight excluding hydrogens is 192 g/mol. The van der Waals surface area contributed by atoms with Gasteiger partial charge in [-0.1, -0.05) is 0 Å². The van der Waals surface area contributed by atoms with Crippen LogP contribution >= 0.6 is 11.8 Å². The molecule has 1 fully saturated rings. The van der Waals surface area contributed by atoms with Crippen molar-refractivity contribution in [2.45, 2.75) is 13.0 Å². The first-order valence-corrected chi connectivity index (χ1v) is 5.13. The topological polar surface area (TPSA) is 52.6 Å². The molecule has 2 unspecified atom stereocenters. The summed E-state index contributed by atoms with van der Waals surface area (Å²) in [4.78, 5) is 21.9. The van der Waals surface area contributed by atoms with Crippen molar-refractivity contribution in [2.75, 3.05) is 18.6 Å². The highest BCUT2D eigenvalue weighted by molar-refractivity contribution is 7.99. The predicted octanol–water partition coefficient (Wildman–Crippen LogP) is 0.454. The zero-order valence-electron chi connectivity index (χ0n) is 7.61. The van der Waals surface area contributed by atoms with Gasteiger partial charge >= 0.3 is 11.9 Å². The maximum Gasteiger partial charge on any atom is 0.313 e. The van der Waals surface area contributed by atoms with Crippen molar-refractivity contribution < 1.29 is 19.1 Å². The fourth-order valence-electron chi connectivity index (χ4n) is 1.24. The Hall–Kier alpha value is -0.710. The van der Waals surface area contributed by atoms with Crippen LogP contribution in [-0.4, -0.2) is 36.7 Å². The molecule has 0 aromatic rings. The molecule has 1 aliphatic heterocycles. The van der Waals surface area contributed by atoms with Gasteiger partial charge in [-0.05, 0) is 0 Å². The van der Waals surface area contributed by atoms with Crippen molar-refractivity contribution in [1.82, 2.24) is 0 Å². The first-order chi connectivity index (χ1) is 6.15. The van der Waals surface area contributed by atoms with E-state index in [4.69, 9.17) is 4.74 Å². The van der Waals surface area contributed by atoms with Gasteiger partial charge in [-0.2, -0.15) is 11.8 Å². The van der Waals surface area contributed by atoms with Crippen LogP contribution < -0.4 is 0 Å². The van der Waals surface area contributed by atoms with E-state index in [1.165, 1.54) is 14.0 Å². The van der Waals surface area contributed by atoms with Gasteiger partial charge in [-0.15, -0.1) is 0 Å². The molecule has 0 radical (unpaired) electrons. The van der Waals surface area contributed by atoms with Crippen LogP contribution in [0.5, 0.6) is 0 Å². The van der Waals surface area contributed by atoms with Crippen LogP contribution in [0.25, 0.3) is 0 Å². The number of ether oxygens (including phenoxy) is 2. The number of esters is 2. The van der Waals surface area contributed by atoms with Gasteiger partial charge in [0.2, 0.25) is 0 Å². The van der Waals surface area contributed by atoms with E-state index in [1.807, 2.05) is 0 Å². The predicted molar refractivity (Wildman–Crippen MR) is 48.4 cm³/mol. The van der Waals surface area contributed by atoms with Crippen molar-refractivity contribution in [1.29, 1.82) is 0 Å². The Labute approximate surface area is 81.0 Å². The molecule has 0 amide bonds. The lowest BCUT2D eigenvalue weighted by molar-refractivity contribution is -0.155. The van der Waals surface area contributed by atoms with Crippen LogP contribution in [-0.2, 0) is 19.1 Å². The summed E-state index contributed by atoms with van der Waals surface area (Å²) >= 11 is 1.60. The minimum atomic E-state index is -0.346. The molecule has 0 spiro atoms. The Morgan fingerprint density at radius 1 is 1.38 bits per heavy atom. The van der Waals surface area contributed by atoms with Crippen molar-refractivity contribution >= 4 is 23.7 Å². The Bertz CT molecular complexity index is 216. The average Bonchev–Trinajstić information content (AvgIpc) is 2.50. The third-order valence-electron chi connectivity index (χ3n) is 1.85. The fourth-order valence-corrected chi connectivity index (χ4v) is 2.51. The van der Waals surface area contributed by atoms with Crippen molar-refractivity contribution in [3.05, 3.63) is 0 Å². The molecule has 0 saturated carbocycles. The lowest BCUT2D eigenvalue weighted by atomic mass is 10.1. The molecule has 13 heavy (non-hydrogen) atoms. The molecule has 1 heterocycles. The van der Waals surface area contributed by atoms with Crippen LogP contribution in [0.1, 0.15) is 6.92 Å². The summed E-state index contributed by atoms with van der Waals surface area (Å²) in [5, 5.41) is 0. The smallest absolute Gasteiger partial charge is 0.313 e. The Balaban J connectivity index is 2.53. The first-order valence-electron chi connectivity index (χ1n) is 3.98. The van der Waals surface area contributed by atoms with Gasteiger partial charge < -0.3 is 9.47 Å². The van der Waals surface area contributed by atoms with Crippen LogP contribution in [0.3, 0.4) is 0 Å². The molecule has 0 aromatic carbocycles. The summed E-state index contributed by atoms with van der Waals surface area (Å²) in [6.07, 6.45) is -0.310. The molecule has 5 heteroatoms. The van der Waals surface area contributed by atoms with Crippen molar-refractivity contribution in [2.24, 2.45) is 5.92 Å². The highest BCUT2D eigenvalue weighted by atomic mass is 32.2. The first kappa shape index (κ1) is 10.4. The SMILES string of the molecule is COC(=O)C1CSCC1OC(C)=O. The normalized spacial score (nSPS) is 26.9. The summed E-state index contributed by atoms with van der Waals surface area (Å²) in [6.45, 7) is 1.34. The Morgan fingerprint density at radius 3 is 2.62 bits per heavy atom. The van der Waals surface area contributed by atoms with E-state index in [1.54, 1.807) is 11.8 Å². The minimum Gasteiger partial charge on any atom is -0.469 e. The summed E-state index contributed by atoms with van der Waals surface area (Å²) in [5.41, 5.74) is 0. The molecule has 1 saturated heterocycles. The summed E-state index contributed by atoms with van der Waals surface area (Å²) < 4.78 is 9.59. The minimum absolute atomic E-state index is 0.293. The monoisotopic (exact) mass is 204 g/mol. The zero-order valence-corrected chi connectivity index (χ0v) is 8.43. The average molecular weight is 204 g/mol. The maximum atomic E-state index is 11.2. The van der Waals surface area contributed by atoms with E-state index >= 15 is 0 Å². The van der Waals surface area contributed by atoms with Gasteiger partial charge in [0, 0.05) is 18.4 Å². The largest absolute Gasteiger partial charge is 0.469 e. The third-order valence-corrected chi connectivity index (χ3v) is 3.01. The van der Waals surface area contributed by atoms with Crippen molar-refractivity contribution in [3.63, 3.8) is 0 Å². The highest BCUT2D eigenvalue weighted by Gasteiger charge is 2.36. The molecule has 0 bridgehead atoms. The lowest BCUT2D eigenvalue weighted by Gasteiger charge is -2.15. The van der Waals surface area contributed by atoms with Crippen LogP contribution in [0.15, 0.2) is 0 Å². The van der Waals surface area contributed by atoms with Gasteiger partial charge in [-0.3, -0.25) is 9.59 Å². The second-order valence-electron chi connectivity index (χ2n) is 2.81. The maximum absolute atomic E-state index is 11.2. The van der Waals surface area contributed by atoms with E-state index in [2.05, 4.69) is 4.74 Å². The van der Waals surface area contributed by atoms with Crippen LogP contribution in [0.2, 0.25) is 0 Å². The lowest BCUT2D eigenvalue weighted by Crippen LogP contribution is -2.31. The number of hydrogen-bond donors (Lipinski definition) is 0. The summed E-state index contributed by atoms with van der Waals surface area (Å²) in [5.74, 6) is 0.417. The van der Waals surface area contributed by atoms with Crippen molar-refractivity contribution in [3.8, 4) is 0 Å². The number of carbonyl (C=O) groups is 2. The Morgan fingerprint density at radius 2 is 2.08 bits per heavy atom. The summed E-state index contributed by atoms with van der Waals surface area (Å²) in [7, 11) is 1.34. The van der Waals surface area contributed by atoms with Gasteiger partial charge in [0.25, 0.3) is 0 Å². The Kier molecular flexibility index (Phi) is 3.59. The highest BCUT2D eigenvalue weighted by Crippen LogP contribution is 2.27. The molecule has 4 nitrogen and oxygen atoms in total. The van der Waals surface area contributed by atoms with E-state index in [-0.39, 0.29) is 24.0 Å². The van der Waals surface area contributed by atoms with E-state index in [9.17, 15) is 9.59 Å². The van der Waals surface area contributed by atoms with Gasteiger partial charge in [0.15, 0.2) is 0 Å². The van der Waals surface area contributed by atoms with E-state index in [0.29, 0.717) is 11.5 Å². The third kappa shape index (κ3) is 2.62. The molecule has 74 valence electrons. The second-order valence-corrected chi connectivity index (χ2v) is 3.89. The second kappa shape index (κ2) is 4.50. The fraction of sp³-hybridized carbons (Fsp3) is 0.750. The van der Waals surface area contributed by atoms with Crippen LogP contribution in [0, 0.1) is 5.92 Å². The van der Waals surface area contributed by atoms with Gasteiger partial charge in [-0.25, -0.2) is 0 Å². The number of methoxy groups -OCH3 is 1. The molecule has 1 aliphatic rings. The molecule has 0 aliphatic carbocycles. The number of thioether (sulfide) groups is 1. The molecule has 0 aromatic heterocycles. The number of hydrogen-bond acceptors (Lipinski definition) is 5.